The maximum absolute atomic E-state index is 13.5. The SMILES string of the molecule is CCCN(C(=O)O)c1ccc(N2CCC[C@]3(CCN(c4ccccc4Cl)C3=O)C2)nc1. The van der Waals surface area contributed by atoms with Crippen LogP contribution in [0.1, 0.15) is 32.6 Å². The molecule has 2 saturated heterocycles. The zero-order chi connectivity index (χ0) is 22.0. The number of nitrogens with zero attached hydrogens (tertiary/aromatic N) is 4. The van der Waals surface area contributed by atoms with E-state index >= 15 is 0 Å². The fraction of sp³-hybridized carbons (Fsp3) is 0.435. The first-order valence-corrected chi connectivity index (χ1v) is 11.1. The Balaban J connectivity index is 1.52. The standard InChI is InChI=1S/C23H27ClN4O3/c1-2-12-27(22(30)31)17-8-9-20(25-15-17)26-13-5-10-23(16-26)11-14-28(21(23)29)19-7-4-3-6-18(19)24/h3-4,6-9,15H,2,5,10-14,16H2,1H3,(H,30,31)/t23-/m0/s1. The Morgan fingerprint density at radius 2 is 2.03 bits per heavy atom. The number of anilines is 3. The molecular weight excluding hydrogens is 416 g/mol. The van der Waals surface area contributed by atoms with Gasteiger partial charge in [0.25, 0.3) is 0 Å². The van der Waals surface area contributed by atoms with Crippen LogP contribution < -0.4 is 14.7 Å². The molecule has 8 heteroatoms. The number of hydrogen-bond donors (Lipinski definition) is 1. The highest BCUT2D eigenvalue weighted by atomic mass is 35.5. The van der Waals surface area contributed by atoms with E-state index in [0.29, 0.717) is 30.3 Å². The molecule has 1 aromatic heterocycles. The van der Waals surface area contributed by atoms with Crippen molar-refractivity contribution in [3.05, 3.63) is 47.6 Å². The normalized spacial score (nSPS) is 21.0. The number of carbonyl (C=O) groups is 2. The summed E-state index contributed by atoms with van der Waals surface area (Å²) in [6, 6.07) is 11.1. The van der Waals surface area contributed by atoms with Gasteiger partial charge in [-0.15, -0.1) is 0 Å². The first kappa shape index (κ1) is 21.4. The van der Waals surface area contributed by atoms with Crippen LogP contribution in [0.3, 0.4) is 0 Å². The summed E-state index contributed by atoms with van der Waals surface area (Å²) in [6.07, 6.45) is 3.89. The van der Waals surface area contributed by atoms with Crippen molar-refractivity contribution >= 4 is 40.8 Å². The van der Waals surface area contributed by atoms with Gasteiger partial charge in [0.1, 0.15) is 5.82 Å². The zero-order valence-electron chi connectivity index (χ0n) is 17.6. The van der Waals surface area contributed by atoms with Crippen molar-refractivity contribution in [2.24, 2.45) is 5.41 Å². The molecule has 0 aliphatic carbocycles. The second kappa shape index (κ2) is 8.75. The lowest BCUT2D eigenvalue weighted by Gasteiger charge is -2.39. The van der Waals surface area contributed by atoms with Gasteiger partial charge in [-0.3, -0.25) is 9.69 Å². The van der Waals surface area contributed by atoms with Gasteiger partial charge in [0.05, 0.1) is 28.0 Å². The molecule has 0 saturated carbocycles. The number of aromatic nitrogens is 1. The minimum atomic E-state index is -0.982. The molecule has 2 aliphatic rings. The molecule has 31 heavy (non-hydrogen) atoms. The highest BCUT2D eigenvalue weighted by Crippen LogP contribution is 2.43. The number of piperidine rings is 1. The lowest BCUT2D eigenvalue weighted by molar-refractivity contribution is -0.126. The number of carboxylic acid groups (broad SMARTS) is 1. The average Bonchev–Trinajstić information content (AvgIpc) is 3.07. The third-order valence-electron chi connectivity index (χ3n) is 6.28. The predicted octanol–water partition coefficient (Wildman–Crippen LogP) is 4.65. The van der Waals surface area contributed by atoms with Gasteiger partial charge in [-0.05, 0) is 49.9 Å². The van der Waals surface area contributed by atoms with E-state index < -0.39 is 11.5 Å². The van der Waals surface area contributed by atoms with Crippen molar-refractivity contribution in [2.75, 3.05) is 40.9 Å². The van der Waals surface area contributed by atoms with Crippen molar-refractivity contribution in [3.8, 4) is 0 Å². The summed E-state index contributed by atoms with van der Waals surface area (Å²) in [6.45, 7) is 4.46. The first-order chi connectivity index (χ1) is 14.9. The van der Waals surface area contributed by atoms with E-state index in [1.54, 1.807) is 12.3 Å². The van der Waals surface area contributed by atoms with Crippen molar-refractivity contribution in [3.63, 3.8) is 0 Å². The fourth-order valence-electron chi connectivity index (χ4n) is 4.71. The van der Waals surface area contributed by atoms with E-state index in [0.717, 1.165) is 43.7 Å². The second-order valence-corrected chi connectivity index (χ2v) is 8.68. The van der Waals surface area contributed by atoms with Gasteiger partial charge in [-0.1, -0.05) is 30.7 Å². The van der Waals surface area contributed by atoms with Crippen LogP contribution in [0, 0.1) is 5.41 Å². The van der Waals surface area contributed by atoms with Gasteiger partial charge >= 0.3 is 6.09 Å². The summed E-state index contributed by atoms with van der Waals surface area (Å²) in [5, 5.41) is 10.0. The minimum absolute atomic E-state index is 0.127. The number of amides is 2. The van der Waals surface area contributed by atoms with E-state index in [1.165, 1.54) is 4.90 Å². The van der Waals surface area contributed by atoms with E-state index in [2.05, 4.69) is 9.88 Å². The summed E-state index contributed by atoms with van der Waals surface area (Å²) >= 11 is 6.35. The van der Waals surface area contributed by atoms with Gasteiger partial charge in [0.2, 0.25) is 5.91 Å². The van der Waals surface area contributed by atoms with Crippen molar-refractivity contribution < 1.29 is 14.7 Å². The molecule has 0 bridgehead atoms. The molecule has 7 nitrogen and oxygen atoms in total. The molecule has 2 aliphatic heterocycles. The number of pyridine rings is 1. The predicted molar refractivity (Wildman–Crippen MR) is 122 cm³/mol. The Morgan fingerprint density at radius 1 is 1.23 bits per heavy atom. The van der Waals surface area contributed by atoms with Gasteiger partial charge in [0.15, 0.2) is 0 Å². The van der Waals surface area contributed by atoms with Crippen molar-refractivity contribution in [1.29, 1.82) is 0 Å². The number of rotatable bonds is 5. The summed E-state index contributed by atoms with van der Waals surface area (Å²) in [5.74, 6) is 0.899. The first-order valence-electron chi connectivity index (χ1n) is 10.7. The number of carbonyl (C=O) groups excluding carboxylic acids is 1. The van der Waals surface area contributed by atoms with Crippen LogP contribution in [-0.2, 0) is 4.79 Å². The Kier molecular flexibility index (Phi) is 6.05. The Morgan fingerprint density at radius 3 is 2.71 bits per heavy atom. The lowest BCUT2D eigenvalue weighted by atomic mass is 9.78. The quantitative estimate of drug-likeness (QED) is 0.729. The van der Waals surface area contributed by atoms with Crippen LogP contribution >= 0.6 is 11.6 Å². The average molecular weight is 443 g/mol. The minimum Gasteiger partial charge on any atom is -0.465 e. The van der Waals surface area contributed by atoms with Gasteiger partial charge in [-0.25, -0.2) is 9.78 Å². The molecule has 4 rings (SSSR count). The molecule has 2 fully saturated rings. The fourth-order valence-corrected chi connectivity index (χ4v) is 4.95. The van der Waals surface area contributed by atoms with Gasteiger partial charge in [-0.2, -0.15) is 0 Å². The van der Waals surface area contributed by atoms with Crippen molar-refractivity contribution in [1.82, 2.24) is 4.98 Å². The molecule has 3 heterocycles. The van der Waals surface area contributed by atoms with Crippen LogP contribution in [0.25, 0.3) is 0 Å². The van der Waals surface area contributed by atoms with Gasteiger partial charge < -0.3 is 14.9 Å². The Hall–Kier alpha value is -2.80. The molecule has 0 radical (unpaired) electrons. The van der Waals surface area contributed by atoms with E-state index in [-0.39, 0.29) is 5.91 Å². The van der Waals surface area contributed by atoms with E-state index in [4.69, 9.17) is 11.6 Å². The van der Waals surface area contributed by atoms with Gasteiger partial charge in [0, 0.05) is 26.2 Å². The molecule has 1 atom stereocenters. The number of halogens is 1. The summed E-state index contributed by atoms with van der Waals surface area (Å²) in [4.78, 5) is 34.7. The molecular formula is C23H27ClN4O3. The number of hydrogen-bond acceptors (Lipinski definition) is 4. The molecule has 0 unspecified atom stereocenters. The van der Waals surface area contributed by atoms with Crippen LogP contribution in [0.5, 0.6) is 0 Å². The number of para-hydroxylation sites is 1. The Bertz CT molecular complexity index is 968. The van der Waals surface area contributed by atoms with Crippen LogP contribution in [0.4, 0.5) is 22.0 Å². The highest BCUT2D eigenvalue weighted by molar-refractivity contribution is 6.34. The number of benzene rings is 1. The van der Waals surface area contributed by atoms with Crippen LogP contribution in [0.2, 0.25) is 5.02 Å². The van der Waals surface area contributed by atoms with Crippen molar-refractivity contribution in [2.45, 2.75) is 32.6 Å². The third kappa shape index (κ3) is 4.06. The molecule has 164 valence electrons. The Labute approximate surface area is 187 Å². The summed E-state index contributed by atoms with van der Waals surface area (Å²) in [7, 11) is 0. The molecule has 1 spiro atoms. The van der Waals surface area contributed by atoms with Crippen LogP contribution in [0.15, 0.2) is 42.6 Å². The highest BCUT2D eigenvalue weighted by Gasteiger charge is 2.49. The monoisotopic (exact) mass is 442 g/mol. The zero-order valence-corrected chi connectivity index (χ0v) is 18.4. The summed E-state index contributed by atoms with van der Waals surface area (Å²) < 4.78 is 0. The van der Waals surface area contributed by atoms with Crippen LogP contribution in [-0.4, -0.2) is 48.3 Å². The topological polar surface area (TPSA) is 77.0 Å². The maximum atomic E-state index is 13.5. The lowest BCUT2D eigenvalue weighted by Crippen LogP contribution is -2.48. The second-order valence-electron chi connectivity index (χ2n) is 8.27. The third-order valence-corrected chi connectivity index (χ3v) is 6.60. The smallest absolute Gasteiger partial charge is 0.411 e. The van der Waals surface area contributed by atoms with E-state index in [1.807, 2.05) is 42.2 Å². The summed E-state index contributed by atoms with van der Waals surface area (Å²) in [5.41, 5.74) is 0.898. The molecule has 1 aromatic carbocycles. The molecule has 2 aromatic rings. The maximum Gasteiger partial charge on any atom is 0.411 e. The molecule has 1 N–H and O–H groups in total. The van der Waals surface area contributed by atoms with E-state index in [9.17, 15) is 14.7 Å². The molecule has 2 amide bonds. The largest absolute Gasteiger partial charge is 0.465 e.